The first-order valence-electron chi connectivity index (χ1n) is 6.99. The van der Waals surface area contributed by atoms with Crippen molar-refractivity contribution >= 4 is 11.9 Å². The molecule has 1 aliphatic heterocycles. The van der Waals surface area contributed by atoms with E-state index in [1.54, 1.807) is 0 Å². The molecule has 0 aromatic rings. The van der Waals surface area contributed by atoms with Gasteiger partial charge in [0.15, 0.2) is 0 Å². The number of carbonyl (C=O) groups is 2. The van der Waals surface area contributed by atoms with Crippen LogP contribution in [0.2, 0.25) is 0 Å². The van der Waals surface area contributed by atoms with Crippen LogP contribution in [0.4, 0.5) is 0 Å². The molecule has 1 aliphatic rings. The van der Waals surface area contributed by atoms with E-state index in [0.29, 0.717) is 18.8 Å². The minimum atomic E-state index is -1.01. The van der Waals surface area contributed by atoms with E-state index < -0.39 is 17.7 Å². The zero-order valence-electron chi connectivity index (χ0n) is 11.7. The van der Waals surface area contributed by atoms with E-state index in [1.165, 1.54) is 0 Å². The lowest BCUT2D eigenvalue weighted by atomic mass is 9.90. The third-order valence-corrected chi connectivity index (χ3v) is 3.57. The molecule has 0 radical (unpaired) electrons. The number of ether oxygens (including phenoxy) is 2. The Bertz CT molecular complexity index is 282. The Morgan fingerprint density at radius 2 is 1.78 bits per heavy atom. The van der Waals surface area contributed by atoms with Crippen LogP contribution in [0.15, 0.2) is 0 Å². The summed E-state index contributed by atoms with van der Waals surface area (Å²) in [7, 11) is 0. The van der Waals surface area contributed by atoms with Crippen LogP contribution in [0, 0.1) is 5.92 Å². The van der Waals surface area contributed by atoms with Gasteiger partial charge in [0, 0.05) is 12.8 Å². The molecule has 4 heteroatoms. The van der Waals surface area contributed by atoms with E-state index in [1.807, 2.05) is 6.92 Å². The van der Waals surface area contributed by atoms with Crippen molar-refractivity contribution in [3.05, 3.63) is 0 Å². The zero-order chi connectivity index (χ0) is 13.6. The van der Waals surface area contributed by atoms with E-state index in [-0.39, 0.29) is 6.42 Å². The van der Waals surface area contributed by atoms with Crippen molar-refractivity contribution in [2.24, 2.45) is 5.92 Å². The Morgan fingerprint density at radius 3 is 2.22 bits per heavy atom. The van der Waals surface area contributed by atoms with Gasteiger partial charge in [0.05, 0.1) is 0 Å². The van der Waals surface area contributed by atoms with Crippen molar-refractivity contribution in [1.29, 1.82) is 0 Å². The van der Waals surface area contributed by atoms with Gasteiger partial charge in [0.1, 0.15) is 6.42 Å². The van der Waals surface area contributed by atoms with Crippen molar-refractivity contribution in [3.63, 3.8) is 0 Å². The van der Waals surface area contributed by atoms with Crippen LogP contribution >= 0.6 is 0 Å². The molecule has 0 spiro atoms. The van der Waals surface area contributed by atoms with E-state index >= 15 is 0 Å². The molecule has 0 N–H and O–H groups in total. The molecule has 104 valence electrons. The van der Waals surface area contributed by atoms with Gasteiger partial charge in [-0.05, 0) is 5.92 Å². The lowest BCUT2D eigenvalue weighted by molar-refractivity contribution is -0.250. The third kappa shape index (κ3) is 4.00. The summed E-state index contributed by atoms with van der Waals surface area (Å²) < 4.78 is 10.6. The Balaban J connectivity index is 2.68. The van der Waals surface area contributed by atoms with Crippen LogP contribution in [-0.4, -0.2) is 17.7 Å². The maximum atomic E-state index is 11.4. The summed E-state index contributed by atoms with van der Waals surface area (Å²) in [5, 5.41) is 0. The van der Waals surface area contributed by atoms with Gasteiger partial charge in [0.2, 0.25) is 0 Å². The molecule has 0 aromatic heterocycles. The molecule has 18 heavy (non-hydrogen) atoms. The number of hydrogen-bond donors (Lipinski definition) is 0. The first-order valence-corrected chi connectivity index (χ1v) is 6.99. The summed E-state index contributed by atoms with van der Waals surface area (Å²) in [5.74, 6) is -1.50. The highest BCUT2D eigenvalue weighted by molar-refractivity contribution is 5.93. The van der Waals surface area contributed by atoms with E-state index in [2.05, 4.69) is 13.8 Å². The second kappa shape index (κ2) is 6.76. The van der Waals surface area contributed by atoms with Crippen molar-refractivity contribution in [3.8, 4) is 0 Å². The fraction of sp³-hybridized carbons (Fsp3) is 0.857. The first-order chi connectivity index (χ1) is 8.55. The van der Waals surface area contributed by atoms with Crippen molar-refractivity contribution in [2.45, 2.75) is 71.5 Å². The summed E-state index contributed by atoms with van der Waals surface area (Å²) in [6.45, 7) is 6.16. The van der Waals surface area contributed by atoms with Gasteiger partial charge in [-0.25, -0.2) is 0 Å². The van der Waals surface area contributed by atoms with Crippen LogP contribution < -0.4 is 0 Å². The molecule has 1 fully saturated rings. The molecule has 0 amide bonds. The molecule has 1 unspecified atom stereocenters. The van der Waals surface area contributed by atoms with Gasteiger partial charge < -0.3 is 9.47 Å². The molecule has 1 saturated heterocycles. The van der Waals surface area contributed by atoms with Crippen LogP contribution in [-0.2, 0) is 19.1 Å². The smallest absolute Gasteiger partial charge is 0.320 e. The molecule has 4 nitrogen and oxygen atoms in total. The van der Waals surface area contributed by atoms with Crippen LogP contribution in [0.1, 0.15) is 65.7 Å². The summed E-state index contributed by atoms with van der Waals surface area (Å²) in [6.07, 6.45) is 5.29. The molecule has 0 bridgehead atoms. The number of carbonyl (C=O) groups excluding carboxylic acids is 2. The summed E-state index contributed by atoms with van der Waals surface area (Å²) in [4.78, 5) is 22.8. The molecule has 0 aromatic carbocycles. The highest BCUT2D eigenvalue weighted by Gasteiger charge is 2.43. The van der Waals surface area contributed by atoms with Gasteiger partial charge in [-0.3, -0.25) is 9.59 Å². The summed E-state index contributed by atoms with van der Waals surface area (Å²) in [6, 6.07) is 0. The Hall–Kier alpha value is -1.06. The minimum absolute atomic E-state index is 0.256. The normalized spacial score (nSPS) is 20.2. The fourth-order valence-electron chi connectivity index (χ4n) is 2.38. The largest absolute Gasteiger partial charge is 0.422 e. The maximum absolute atomic E-state index is 11.4. The van der Waals surface area contributed by atoms with Gasteiger partial charge >= 0.3 is 11.9 Å². The molecular formula is C14H24O4. The van der Waals surface area contributed by atoms with Gasteiger partial charge in [0.25, 0.3) is 5.79 Å². The minimum Gasteiger partial charge on any atom is -0.422 e. The van der Waals surface area contributed by atoms with Crippen molar-refractivity contribution in [1.82, 2.24) is 0 Å². The Morgan fingerprint density at radius 1 is 1.17 bits per heavy atom. The van der Waals surface area contributed by atoms with Gasteiger partial charge in [-0.15, -0.1) is 0 Å². The molecule has 1 heterocycles. The van der Waals surface area contributed by atoms with Crippen LogP contribution in [0.25, 0.3) is 0 Å². The van der Waals surface area contributed by atoms with Crippen molar-refractivity contribution in [2.75, 3.05) is 0 Å². The molecule has 1 atom stereocenters. The molecule has 1 rings (SSSR count). The Labute approximate surface area is 109 Å². The quantitative estimate of drug-likeness (QED) is 0.518. The second-order valence-electron chi connectivity index (χ2n) is 5.01. The Kier molecular flexibility index (Phi) is 5.63. The number of unbranched alkanes of at least 4 members (excludes halogenated alkanes) is 1. The van der Waals surface area contributed by atoms with Gasteiger partial charge in [-0.1, -0.05) is 46.5 Å². The summed E-state index contributed by atoms with van der Waals surface area (Å²) in [5.41, 5.74) is 0. The first kappa shape index (κ1) is 15.0. The van der Waals surface area contributed by atoms with Crippen molar-refractivity contribution < 1.29 is 19.1 Å². The number of cyclic esters (lactones) is 2. The molecule has 0 saturated carbocycles. The highest BCUT2D eigenvalue weighted by atomic mass is 16.7. The standard InChI is InChI=1S/C14H24O4/c1-4-7-8-11(5-2)10-14(6-3)17-12(15)9-13(16)18-14/h11H,4-10H2,1-3H3. The van der Waals surface area contributed by atoms with Crippen LogP contribution in [0.5, 0.6) is 0 Å². The lowest BCUT2D eigenvalue weighted by Crippen LogP contribution is -2.46. The summed E-state index contributed by atoms with van der Waals surface area (Å²) >= 11 is 0. The van der Waals surface area contributed by atoms with Crippen LogP contribution in [0.3, 0.4) is 0 Å². The maximum Gasteiger partial charge on any atom is 0.320 e. The average Bonchev–Trinajstić information content (AvgIpc) is 2.33. The number of esters is 2. The second-order valence-corrected chi connectivity index (χ2v) is 5.01. The highest BCUT2D eigenvalue weighted by Crippen LogP contribution is 2.33. The topological polar surface area (TPSA) is 52.6 Å². The number of rotatable bonds is 7. The molecule has 0 aliphatic carbocycles. The van der Waals surface area contributed by atoms with E-state index in [0.717, 1.165) is 25.7 Å². The fourth-order valence-corrected chi connectivity index (χ4v) is 2.38. The predicted molar refractivity (Wildman–Crippen MR) is 67.7 cm³/mol. The molecular weight excluding hydrogens is 232 g/mol. The van der Waals surface area contributed by atoms with Gasteiger partial charge in [-0.2, -0.15) is 0 Å². The number of hydrogen-bond acceptors (Lipinski definition) is 4. The van der Waals surface area contributed by atoms with E-state index in [4.69, 9.17) is 9.47 Å². The predicted octanol–water partition coefficient (Wildman–Crippen LogP) is 3.19. The lowest BCUT2D eigenvalue weighted by Gasteiger charge is -2.37. The SMILES string of the molecule is CCCCC(CC)CC1(CC)OC(=O)CC(=O)O1. The monoisotopic (exact) mass is 256 g/mol. The average molecular weight is 256 g/mol. The third-order valence-electron chi connectivity index (χ3n) is 3.57. The van der Waals surface area contributed by atoms with E-state index in [9.17, 15) is 9.59 Å². The zero-order valence-corrected chi connectivity index (χ0v) is 11.7.